The maximum atomic E-state index is 12.6. The molecule has 2 amide bonds. The minimum Gasteiger partial charge on any atom is -0.348 e. The van der Waals surface area contributed by atoms with Crippen LogP contribution in [0.2, 0.25) is 0 Å². The number of aromatic nitrogens is 2. The van der Waals surface area contributed by atoms with Crippen LogP contribution < -0.4 is 5.32 Å². The Kier molecular flexibility index (Phi) is 4.29. The standard InChI is InChI=1S/C18H26N4O2/c23-17(19-14-5-3-1-2-4-6-14)15-12-21-9-10-22(11-13-7-8-13)18(24)16(21)20-15/h12-14H,1-11H2,(H,19,23). The summed E-state index contributed by atoms with van der Waals surface area (Å²) in [6, 6.07) is 0.251. The first-order chi connectivity index (χ1) is 11.7. The fourth-order valence-corrected chi connectivity index (χ4v) is 3.81. The summed E-state index contributed by atoms with van der Waals surface area (Å²) in [5.74, 6) is 0.938. The number of hydrogen-bond acceptors (Lipinski definition) is 3. The van der Waals surface area contributed by atoms with Crippen LogP contribution in [0.1, 0.15) is 72.5 Å². The molecule has 0 spiro atoms. The van der Waals surface area contributed by atoms with Gasteiger partial charge in [0.2, 0.25) is 0 Å². The second-order valence-electron chi connectivity index (χ2n) is 7.50. The summed E-state index contributed by atoms with van der Waals surface area (Å²) < 4.78 is 1.84. The monoisotopic (exact) mass is 330 g/mol. The van der Waals surface area contributed by atoms with E-state index in [4.69, 9.17) is 0 Å². The Hall–Kier alpha value is -1.85. The third-order valence-corrected chi connectivity index (χ3v) is 5.46. The van der Waals surface area contributed by atoms with Crippen molar-refractivity contribution in [3.63, 3.8) is 0 Å². The van der Waals surface area contributed by atoms with E-state index in [9.17, 15) is 9.59 Å². The molecule has 6 heteroatoms. The second kappa shape index (κ2) is 6.57. The van der Waals surface area contributed by atoms with Gasteiger partial charge >= 0.3 is 0 Å². The lowest BCUT2D eigenvalue weighted by atomic mass is 10.1. The maximum absolute atomic E-state index is 12.6. The molecule has 0 atom stereocenters. The Balaban J connectivity index is 1.43. The fraction of sp³-hybridized carbons (Fsp3) is 0.722. The number of nitrogens with one attached hydrogen (secondary N) is 1. The van der Waals surface area contributed by atoms with Crippen LogP contribution >= 0.6 is 0 Å². The van der Waals surface area contributed by atoms with Gasteiger partial charge in [-0.2, -0.15) is 0 Å². The van der Waals surface area contributed by atoms with Crippen molar-refractivity contribution >= 4 is 11.8 Å². The molecule has 1 N–H and O–H groups in total. The Bertz CT molecular complexity index is 627. The lowest BCUT2D eigenvalue weighted by Gasteiger charge is -2.27. The van der Waals surface area contributed by atoms with Crippen LogP contribution in [-0.4, -0.2) is 45.4 Å². The van der Waals surface area contributed by atoms with E-state index in [1.54, 1.807) is 6.20 Å². The van der Waals surface area contributed by atoms with E-state index in [1.165, 1.54) is 38.5 Å². The van der Waals surface area contributed by atoms with E-state index in [2.05, 4.69) is 10.3 Å². The molecule has 3 aliphatic rings. The van der Waals surface area contributed by atoms with Gasteiger partial charge < -0.3 is 14.8 Å². The minimum atomic E-state index is -0.134. The first-order valence-corrected chi connectivity index (χ1v) is 9.38. The lowest BCUT2D eigenvalue weighted by Crippen LogP contribution is -2.41. The second-order valence-corrected chi connectivity index (χ2v) is 7.50. The first kappa shape index (κ1) is 15.7. The van der Waals surface area contributed by atoms with E-state index in [-0.39, 0.29) is 17.9 Å². The first-order valence-electron chi connectivity index (χ1n) is 9.38. The van der Waals surface area contributed by atoms with E-state index < -0.39 is 0 Å². The molecule has 0 unspecified atom stereocenters. The molecular formula is C18H26N4O2. The molecule has 1 aliphatic heterocycles. The van der Waals surface area contributed by atoms with Gasteiger partial charge in [0.25, 0.3) is 11.8 Å². The van der Waals surface area contributed by atoms with E-state index in [1.807, 2.05) is 9.47 Å². The van der Waals surface area contributed by atoms with Gasteiger partial charge in [0.1, 0.15) is 5.69 Å². The number of nitrogens with zero attached hydrogens (tertiary/aromatic N) is 3. The molecule has 1 aromatic rings. The smallest absolute Gasteiger partial charge is 0.289 e. The summed E-state index contributed by atoms with van der Waals surface area (Å²) in [7, 11) is 0. The zero-order valence-electron chi connectivity index (χ0n) is 14.2. The number of imidazole rings is 1. The van der Waals surface area contributed by atoms with Crippen LogP contribution in [0.15, 0.2) is 6.20 Å². The molecule has 2 saturated carbocycles. The zero-order valence-corrected chi connectivity index (χ0v) is 14.2. The van der Waals surface area contributed by atoms with Gasteiger partial charge in [-0.25, -0.2) is 4.98 Å². The minimum absolute atomic E-state index is 0.0262. The Morgan fingerprint density at radius 1 is 1.12 bits per heavy atom. The molecule has 130 valence electrons. The third-order valence-electron chi connectivity index (χ3n) is 5.46. The topological polar surface area (TPSA) is 67.2 Å². The number of carbonyl (C=O) groups excluding carboxylic acids is 2. The summed E-state index contributed by atoms with van der Waals surface area (Å²) in [6.07, 6.45) is 11.2. The van der Waals surface area contributed by atoms with Crippen LogP contribution in [0.5, 0.6) is 0 Å². The van der Waals surface area contributed by atoms with Crippen LogP contribution in [0.4, 0.5) is 0 Å². The maximum Gasteiger partial charge on any atom is 0.289 e. The molecule has 0 saturated heterocycles. The molecule has 0 aromatic carbocycles. The van der Waals surface area contributed by atoms with Crippen molar-refractivity contribution in [1.29, 1.82) is 0 Å². The largest absolute Gasteiger partial charge is 0.348 e. The Morgan fingerprint density at radius 3 is 2.58 bits per heavy atom. The van der Waals surface area contributed by atoms with Crippen molar-refractivity contribution in [2.45, 2.75) is 64.0 Å². The van der Waals surface area contributed by atoms with Gasteiger partial charge in [-0.15, -0.1) is 0 Å². The normalized spacial score (nSPS) is 22.2. The molecular weight excluding hydrogens is 304 g/mol. The van der Waals surface area contributed by atoms with Crippen molar-refractivity contribution in [3.05, 3.63) is 17.7 Å². The molecule has 24 heavy (non-hydrogen) atoms. The summed E-state index contributed by atoms with van der Waals surface area (Å²) in [5.41, 5.74) is 0.385. The van der Waals surface area contributed by atoms with Gasteiger partial charge in [0.15, 0.2) is 5.82 Å². The summed E-state index contributed by atoms with van der Waals surface area (Å²) >= 11 is 0. The highest BCUT2D eigenvalue weighted by molar-refractivity contribution is 5.96. The predicted octanol–water partition coefficient (Wildman–Crippen LogP) is 2.20. The van der Waals surface area contributed by atoms with Crippen LogP contribution in [0.25, 0.3) is 0 Å². The predicted molar refractivity (Wildman–Crippen MR) is 89.8 cm³/mol. The molecule has 4 rings (SSSR count). The summed E-state index contributed by atoms with van der Waals surface area (Å²) in [4.78, 5) is 31.3. The molecule has 1 aromatic heterocycles. The van der Waals surface area contributed by atoms with Gasteiger partial charge in [-0.1, -0.05) is 25.7 Å². The van der Waals surface area contributed by atoms with Crippen molar-refractivity contribution in [1.82, 2.24) is 19.8 Å². The fourth-order valence-electron chi connectivity index (χ4n) is 3.81. The van der Waals surface area contributed by atoms with Gasteiger partial charge in [-0.3, -0.25) is 9.59 Å². The van der Waals surface area contributed by atoms with Crippen molar-refractivity contribution < 1.29 is 9.59 Å². The summed E-state index contributed by atoms with van der Waals surface area (Å²) in [5, 5.41) is 3.11. The van der Waals surface area contributed by atoms with Crippen molar-refractivity contribution in [2.24, 2.45) is 5.92 Å². The number of fused-ring (bicyclic) bond motifs is 1. The third kappa shape index (κ3) is 3.32. The zero-order chi connectivity index (χ0) is 16.5. The highest BCUT2D eigenvalue weighted by Crippen LogP contribution is 2.30. The average molecular weight is 330 g/mol. The number of amides is 2. The van der Waals surface area contributed by atoms with Gasteiger partial charge in [0.05, 0.1) is 0 Å². The van der Waals surface area contributed by atoms with E-state index in [0.717, 1.165) is 32.5 Å². The number of hydrogen-bond donors (Lipinski definition) is 1. The van der Waals surface area contributed by atoms with Crippen LogP contribution in [0, 0.1) is 5.92 Å². The van der Waals surface area contributed by atoms with Crippen molar-refractivity contribution in [2.75, 3.05) is 13.1 Å². The Labute approximate surface area is 142 Å². The molecule has 2 heterocycles. The quantitative estimate of drug-likeness (QED) is 0.861. The Morgan fingerprint density at radius 2 is 1.88 bits per heavy atom. The number of carbonyl (C=O) groups is 2. The SMILES string of the molecule is O=C(NC1CCCCCC1)c1cn2c(n1)C(=O)N(CC1CC1)CC2. The highest BCUT2D eigenvalue weighted by Gasteiger charge is 2.32. The lowest BCUT2D eigenvalue weighted by molar-refractivity contribution is 0.0688. The molecule has 0 radical (unpaired) electrons. The highest BCUT2D eigenvalue weighted by atomic mass is 16.2. The van der Waals surface area contributed by atoms with Gasteiger partial charge in [0, 0.05) is 31.9 Å². The molecule has 2 aliphatic carbocycles. The number of rotatable bonds is 4. The van der Waals surface area contributed by atoms with E-state index >= 15 is 0 Å². The molecule has 2 fully saturated rings. The van der Waals surface area contributed by atoms with E-state index in [0.29, 0.717) is 17.4 Å². The van der Waals surface area contributed by atoms with Gasteiger partial charge in [-0.05, 0) is 31.6 Å². The van der Waals surface area contributed by atoms with Crippen LogP contribution in [0.3, 0.4) is 0 Å². The molecule has 0 bridgehead atoms. The average Bonchev–Trinajstić information content (AvgIpc) is 3.33. The van der Waals surface area contributed by atoms with Crippen molar-refractivity contribution in [3.8, 4) is 0 Å². The molecule has 6 nitrogen and oxygen atoms in total. The van der Waals surface area contributed by atoms with Crippen LogP contribution in [-0.2, 0) is 6.54 Å². The summed E-state index contributed by atoms with van der Waals surface area (Å²) in [6.45, 7) is 2.30.